The van der Waals surface area contributed by atoms with Crippen molar-refractivity contribution < 1.29 is 20.1 Å². The molecule has 0 aromatic rings. The van der Waals surface area contributed by atoms with Crippen LogP contribution in [0.3, 0.4) is 0 Å². The second-order valence-corrected chi connectivity index (χ2v) is 17.0. The smallest absolute Gasteiger partial charge is 0.249 e. The fourth-order valence-corrected chi connectivity index (χ4v) is 7.57. The Morgan fingerprint density at radius 1 is 0.456 bits per heavy atom. The summed E-state index contributed by atoms with van der Waals surface area (Å²) in [7, 11) is 0. The average molecular weight is 800 g/mol. The van der Waals surface area contributed by atoms with E-state index in [1.54, 1.807) is 6.08 Å². The molecule has 334 valence electrons. The zero-order valence-corrected chi connectivity index (χ0v) is 38.0. The Hall–Kier alpha value is -1.69. The van der Waals surface area contributed by atoms with Crippen LogP contribution in [0.4, 0.5) is 0 Å². The third kappa shape index (κ3) is 42.2. The molecule has 57 heavy (non-hydrogen) atoms. The summed E-state index contributed by atoms with van der Waals surface area (Å²) in [5.41, 5.74) is 0. The summed E-state index contributed by atoms with van der Waals surface area (Å²) in [6.07, 6.45) is 62.2. The van der Waals surface area contributed by atoms with Gasteiger partial charge in [0.25, 0.3) is 0 Å². The lowest BCUT2D eigenvalue weighted by Gasteiger charge is -2.21. The lowest BCUT2D eigenvalue weighted by molar-refractivity contribution is -0.131. The minimum Gasteiger partial charge on any atom is -0.394 e. The van der Waals surface area contributed by atoms with E-state index in [2.05, 4.69) is 48.7 Å². The molecule has 0 saturated carbocycles. The van der Waals surface area contributed by atoms with E-state index in [1.807, 2.05) is 13.0 Å². The van der Waals surface area contributed by atoms with Gasteiger partial charge in [0.05, 0.1) is 18.8 Å². The molecule has 3 atom stereocenters. The largest absolute Gasteiger partial charge is 0.394 e. The third-order valence-electron chi connectivity index (χ3n) is 11.5. The van der Waals surface area contributed by atoms with Crippen LogP contribution in [0.1, 0.15) is 251 Å². The highest BCUT2D eigenvalue weighted by atomic mass is 16.3. The molecule has 0 heterocycles. The molecule has 3 unspecified atom stereocenters. The number of rotatable bonds is 45. The van der Waals surface area contributed by atoms with Crippen molar-refractivity contribution in [3.05, 3.63) is 48.6 Å². The fraction of sp³-hybridized carbons (Fsp3) is 0.827. The number of nitrogens with one attached hydrogen (secondary N) is 1. The van der Waals surface area contributed by atoms with Gasteiger partial charge in [-0.1, -0.05) is 235 Å². The highest BCUT2D eigenvalue weighted by molar-refractivity contribution is 5.80. The summed E-state index contributed by atoms with van der Waals surface area (Å²) in [6.45, 7) is 3.94. The van der Waals surface area contributed by atoms with Gasteiger partial charge in [0.1, 0.15) is 6.10 Å². The molecular weight excluding hydrogens is 703 g/mol. The van der Waals surface area contributed by atoms with Gasteiger partial charge in [0.15, 0.2) is 0 Å². The summed E-state index contributed by atoms with van der Waals surface area (Å²) >= 11 is 0. The molecule has 0 aromatic heterocycles. The lowest BCUT2D eigenvalue weighted by atomic mass is 10.0. The van der Waals surface area contributed by atoms with Crippen molar-refractivity contribution in [3.63, 3.8) is 0 Å². The Morgan fingerprint density at radius 2 is 0.789 bits per heavy atom. The van der Waals surface area contributed by atoms with E-state index in [1.165, 1.54) is 186 Å². The summed E-state index contributed by atoms with van der Waals surface area (Å²) in [4.78, 5) is 12.4. The number of aliphatic hydroxyl groups is 3. The van der Waals surface area contributed by atoms with E-state index in [-0.39, 0.29) is 6.61 Å². The van der Waals surface area contributed by atoms with E-state index < -0.39 is 24.2 Å². The Balaban J connectivity index is 3.47. The number of amides is 1. The maximum Gasteiger partial charge on any atom is 0.249 e. The Kier molecular flexibility index (Phi) is 45.6. The molecule has 0 radical (unpaired) electrons. The standard InChI is InChI=1S/C52H97NO4/c1-3-5-7-9-11-13-14-15-16-17-18-19-20-21-22-23-24-25-26-27-28-29-30-31-32-33-34-35-36-37-39-41-43-45-47-51(56)52(57)53-49(48-54)50(55)46-44-42-40-38-12-10-8-6-4-2/h4,6,12,23-24,38,44,46,49-51,54-56H,3,5,7-11,13-22,25-37,39-43,45,47-48H2,1-2H3,(H,53,57)/b6-4+,24-23-,38-12+,46-44+. The van der Waals surface area contributed by atoms with Crippen LogP contribution in [0.15, 0.2) is 48.6 Å². The topological polar surface area (TPSA) is 89.8 Å². The predicted molar refractivity (Wildman–Crippen MR) is 250 cm³/mol. The van der Waals surface area contributed by atoms with Gasteiger partial charge in [-0.15, -0.1) is 0 Å². The summed E-state index contributed by atoms with van der Waals surface area (Å²) in [5, 5.41) is 33.0. The number of carbonyl (C=O) groups is 1. The Bertz CT molecular complexity index is 927. The van der Waals surface area contributed by atoms with Crippen molar-refractivity contribution in [1.29, 1.82) is 0 Å². The molecule has 0 fully saturated rings. The number of aliphatic hydroxyl groups excluding tert-OH is 3. The van der Waals surface area contributed by atoms with Crippen molar-refractivity contribution in [2.45, 2.75) is 270 Å². The van der Waals surface area contributed by atoms with Crippen LogP contribution in [0, 0.1) is 0 Å². The maximum atomic E-state index is 12.4. The molecule has 0 aliphatic heterocycles. The van der Waals surface area contributed by atoms with Gasteiger partial charge in [0.2, 0.25) is 5.91 Å². The monoisotopic (exact) mass is 800 g/mol. The van der Waals surface area contributed by atoms with E-state index in [4.69, 9.17) is 0 Å². The van der Waals surface area contributed by atoms with Crippen LogP contribution in [-0.2, 0) is 4.79 Å². The molecule has 0 aliphatic carbocycles. The highest BCUT2D eigenvalue weighted by Crippen LogP contribution is 2.16. The average Bonchev–Trinajstić information content (AvgIpc) is 3.22. The predicted octanol–water partition coefficient (Wildman–Crippen LogP) is 14.9. The first-order valence-electron chi connectivity index (χ1n) is 24.9. The van der Waals surface area contributed by atoms with Crippen molar-refractivity contribution >= 4 is 5.91 Å². The van der Waals surface area contributed by atoms with Gasteiger partial charge >= 0.3 is 0 Å². The van der Waals surface area contributed by atoms with E-state index in [9.17, 15) is 20.1 Å². The van der Waals surface area contributed by atoms with Crippen LogP contribution >= 0.6 is 0 Å². The van der Waals surface area contributed by atoms with Gasteiger partial charge < -0.3 is 20.6 Å². The molecule has 4 N–H and O–H groups in total. The SMILES string of the molecule is C/C=C/CC/C=C/CC/C=C/C(O)C(CO)NC(=O)C(O)CCCCCCCCCCCCCCCCCC/C=C\CCCCCCCCCCCCCCCC. The van der Waals surface area contributed by atoms with Crippen LogP contribution in [0.25, 0.3) is 0 Å². The molecule has 5 heteroatoms. The van der Waals surface area contributed by atoms with Gasteiger partial charge in [-0.2, -0.15) is 0 Å². The molecule has 0 bridgehead atoms. The quantitative estimate of drug-likeness (QED) is 0.0365. The summed E-state index contributed by atoms with van der Waals surface area (Å²) < 4.78 is 0. The van der Waals surface area contributed by atoms with Crippen LogP contribution in [-0.4, -0.2) is 46.1 Å². The Labute approximate surface area is 355 Å². The summed E-state index contributed by atoms with van der Waals surface area (Å²) in [6, 6.07) is -0.819. The lowest BCUT2D eigenvalue weighted by Crippen LogP contribution is -2.48. The molecular formula is C52H97NO4. The molecule has 0 aliphatic rings. The van der Waals surface area contributed by atoms with Gasteiger partial charge in [-0.3, -0.25) is 4.79 Å². The van der Waals surface area contributed by atoms with Crippen LogP contribution < -0.4 is 5.32 Å². The number of allylic oxidation sites excluding steroid dienone is 7. The number of carbonyl (C=O) groups excluding carboxylic acids is 1. The first-order valence-corrected chi connectivity index (χ1v) is 24.9. The number of hydrogen-bond acceptors (Lipinski definition) is 4. The fourth-order valence-electron chi connectivity index (χ4n) is 7.57. The minimum absolute atomic E-state index is 0.382. The third-order valence-corrected chi connectivity index (χ3v) is 11.5. The van der Waals surface area contributed by atoms with Crippen LogP contribution in [0.5, 0.6) is 0 Å². The molecule has 5 nitrogen and oxygen atoms in total. The highest BCUT2D eigenvalue weighted by Gasteiger charge is 2.22. The molecule has 1 amide bonds. The van der Waals surface area contributed by atoms with E-state index in [0.29, 0.717) is 6.42 Å². The normalized spacial score (nSPS) is 13.8. The van der Waals surface area contributed by atoms with Gasteiger partial charge in [-0.05, 0) is 64.7 Å². The number of hydrogen-bond donors (Lipinski definition) is 4. The first kappa shape index (κ1) is 55.3. The minimum atomic E-state index is -1.11. The zero-order chi connectivity index (χ0) is 41.5. The van der Waals surface area contributed by atoms with Crippen molar-refractivity contribution in [3.8, 4) is 0 Å². The molecule has 0 aromatic carbocycles. The maximum absolute atomic E-state index is 12.4. The summed E-state index contributed by atoms with van der Waals surface area (Å²) in [5.74, 6) is -0.519. The second-order valence-electron chi connectivity index (χ2n) is 17.0. The van der Waals surface area contributed by atoms with Gasteiger partial charge in [-0.25, -0.2) is 0 Å². The molecule has 0 rings (SSSR count). The first-order chi connectivity index (χ1) is 28.1. The van der Waals surface area contributed by atoms with Crippen molar-refractivity contribution in [2.75, 3.05) is 6.61 Å². The van der Waals surface area contributed by atoms with Gasteiger partial charge in [0, 0.05) is 0 Å². The van der Waals surface area contributed by atoms with Crippen molar-refractivity contribution in [2.24, 2.45) is 0 Å². The number of unbranched alkanes of at least 4 members (excludes halogenated alkanes) is 32. The van der Waals surface area contributed by atoms with Crippen LogP contribution in [0.2, 0.25) is 0 Å². The molecule has 0 saturated heterocycles. The zero-order valence-electron chi connectivity index (χ0n) is 38.0. The molecule has 0 spiro atoms. The van der Waals surface area contributed by atoms with Crippen molar-refractivity contribution in [1.82, 2.24) is 5.32 Å². The Morgan fingerprint density at radius 3 is 1.18 bits per heavy atom. The van der Waals surface area contributed by atoms with E-state index >= 15 is 0 Å². The second kappa shape index (κ2) is 47.0. The van der Waals surface area contributed by atoms with E-state index in [0.717, 1.165) is 44.9 Å².